The van der Waals surface area contributed by atoms with E-state index in [1.165, 1.54) is 0 Å². The molecule has 112 valence electrons. The zero-order valence-electron chi connectivity index (χ0n) is 12.5. The summed E-state index contributed by atoms with van der Waals surface area (Å²) in [5.74, 6) is -0.730. The Morgan fingerprint density at radius 1 is 1.55 bits per heavy atom. The maximum atomic E-state index is 11.7. The number of nitrogens with zero attached hydrogens (tertiary/aromatic N) is 2. The van der Waals surface area contributed by atoms with Gasteiger partial charge in [0, 0.05) is 30.6 Å². The molecule has 1 aromatic heterocycles. The van der Waals surface area contributed by atoms with Gasteiger partial charge in [-0.25, -0.2) is 0 Å². The molecular weight excluding hydrogens is 272 g/mol. The lowest BCUT2D eigenvalue weighted by Gasteiger charge is -2.42. The van der Waals surface area contributed by atoms with Gasteiger partial charge < -0.3 is 5.11 Å². The summed E-state index contributed by atoms with van der Waals surface area (Å²) < 4.78 is 0. The number of piperazine rings is 1. The van der Waals surface area contributed by atoms with E-state index in [0.29, 0.717) is 6.04 Å². The second-order valence-electron chi connectivity index (χ2n) is 5.59. The summed E-state index contributed by atoms with van der Waals surface area (Å²) in [6, 6.07) is 1.94. The van der Waals surface area contributed by atoms with Crippen molar-refractivity contribution in [3.05, 3.63) is 21.9 Å². The SMILES string of the molecule is CCCN1CCN(C(C(=O)O)c2sccc2C)CC1C. The fourth-order valence-electron chi connectivity index (χ4n) is 2.98. The van der Waals surface area contributed by atoms with Crippen LogP contribution in [0.2, 0.25) is 0 Å². The first-order valence-electron chi connectivity index (χ1n) is 7.29. The van der Waals surface area contributed by atoms with Crippen LogP contribution in [0.3, 0.4) is 0 Å². The second-order valence-corrected chi connectivity index (χ2v) is 6.54. The average molecular weight is 296 g/mol. The molecule has 1 aromatic rings. The molecule has 0 aliphatic carbocycles. The molecule has 5 heteroatoms. The summed E-state index contributed by atoms with van der Waals surface area (Å²) in [6.45, 7) is 10.1. The van der Waals surface area contributed by atoms with Gasteiger partial charge in [-0.3, -0.25) is 14.6 Å². The van der Waals surface area contributed by atoms with Gasteiger partial charge in [-0.2, -0.15) is 0 Å². The molecule has 2 unspecified atom stereocenters. The number of carboxylic acids is 1. The Bertz CT molecular complexity index is 460. The molecule has 0 saturated carbocycles. The molecular formula is C15H24N2O2S. The Hall–Kier alpha value is -0.910. The number of thiophene rings is 1. The molecule has 1 saturated heterocycles. The molecule has 4 nitrogen and oxygen atoms in total. The van der Waals surface area contributed by atoms with E-state index in [1.807, 2.05) is 18.4 Å². The van der Waals surface area contributed by atoms with Gasteiger partial charge >= 0.3 is 5.97 Å². The minimum Gasteiger partial charge on any atom is -0.480 e. The Kier molecular flexibility index (Phi) is 5.18. The van der Waals surface area contributed by atoms with Crippen LogP contribution in [0.4, 0.5) is 0 Å². The van der Waals surface area contributed by atoms with Gasteiger partial charge in [-0.05, 0) is 43.8 Å². The predicted octanol–water partition coefficient (Wildman–Crippen LogP) is 2.60. The zero-order valence-corrected chi connectivity index (χ0v) is 13.3. The molecule has 20 heavy (non-hydrogen) atoms. The van der Waals surface area contributed by atoms with Crippen LogP contribution >= 0.6 is 11.3 Å². The highest BCUT2D eigenvalue weighted by molar-refractivity contribution is 7.10. The third kappa shape index (κ3) is 3.22. The van der Waals surface area contributed by atoms with Crippen molar-refractivity contribution in [3.63, 3.8) is 0 Å². The fourth-order valence-corrected chi connectivity index (χ4v) is 4.03. The van der Waals surface area contributed by atoms with Crippen LogP contribution in [0.1, 0.15) is 36.8 Å². The molecule has 2 atom stereocenters. The maximum absolute atomic E-state index is 11.7. The smallest absolute Gasteiger partial charge is 0.326 e. The summed E-state index contributed by atoms with van der Waals surface area (Å²) in [5, 5.41) is 11.6. The molecule has 0 amide bonds. The Morgan fingerprint density at radius 3 is 2.80 bits per heavy atom. The van der Waals surface area contributed by atoms with Gasteiger partial charge in [0.05, 0.1) is 0 Å². The molecule has 1 fully saturated rings. The van der Waals surface area contributed by atoms with Crippen LogP contribution in [-0.4, -0.2) is 53.1 Å². The Labute approximate surface area is 125 Å². The maximum Gasteiger partial charge on any atom is 0.326 e. The van der Waals surface area contributed by atoms with Crippen molar-refractivity contribution in [3.8, 4) is 0 Å². The van der Waals surface area contributed by atoms with Gasteiger partial charge in [0.25, 0.3) is 0 Å². The van der Waals surface area contributed by atoms with Crippen LogP contribution in [0, 0.1) is 6.92 Å². The minimum atomic E-state index is -0.730. The number of rotatable bonds is 5. The lowest BCUT2D eigenvalue weighted by molar-refractivity contribution is -0.144. The van der Waals surface area contributed by atoms with E-state index in [9.17, 15) is 9.90 Å². The minimum absolute atomic E-state index is 0.422. The quantitative estimate of drug-likeness (QED) is 0.907. The van der Waals surface area contributed by atoms with Gasteiger partial charge in [0.1, 0.15) is 6.04 Å². The highest BCUT2D eigenvalue weighted by Crippen LogP contribution is 2.30. The molecule has 0 spiro atoms. The van der Waals surface area contributed by atoms with E-state index < -0.39 is 12.0 Å². The molecule has 2 rings (SSSR count). The summed E-state index contributed by atoms with van der Waals surface area (Å²) in [4.78, 5) is 17.3. The summed E-state index contributed by atoms with van der Waals surface area (Å²) >= 11 is 1.56. The Morgan fingerprint density at radius 2 is 2.30 bits per heavy atom. The van der Waals surface area contributed by atoms with Gasteiger partial charge in [0.15, 0.2) is 0 Å². The molecule has 2 heterocycles. The van der Waals surface area contributed by atoms with Crippen LogP contribution in [0.25, 0.3) is 0 Å². The molecule has 0 radical (unpaired) electrons. The highest BCUT2D eigenvalue weighted by atomic mass is 32.1. The van der Waals surface area contributed by atoms with Crippen LogP contribution in [-0.2, 0) is 4.79 Å². The molecule has 0 bridgehead atoms. The summed E-state index contributed by atoms with van der Waals surface area (Å²) in [5.41, 5.74) is 1.09. The predicted molar refractivity (Wildman–Crippen MR) is 82.3 cm³/mol. The van der Waals surface area contributed by atoms with Crippen molar-refractivity contribution in [2.24, 2.45) is 0 Å². The van der Waals surface area contributed by atoms with E-state index in [-0.39, 0.29) is 0 Å². The van der Waals surface area contributed by atoms with Crippen molar-refractivity contribution >= 4 is 17.3 Å². The average Bonchev–Trinajstić information content (AvgIpc) is 2.79. The summed E-state index contributed by atoms with van der Waals surface area (Å²) in [7, 11) is 0. The topological polar surface area (TPSA) is 43.8 Å². The number of hydrogen-bond acceptors (Lipinski definition) is 4. The molecule has 1 aliphatic heterocycles. The van der Waals surface area contributed by atoms with E-state index >= 15 is 0 Å². The standard InChI is InChI=1S/C15H24N2O2S/c1-4-6-16-7-8-17(10-12(16)3)13(15(18)19)14-11(2)5-9-20-14/h5,9,12-13H,4,6-8,10H2,1-3H3,(H,18,19). The van der Waals surface area contributed by atoms with Crippen molar-refractivity contribution in [1.29, 1.82) is 0 Å². The number of hydrogen-bond donors (Lipinski definition) is 1. The van der Waals surface area contributed by atoms with E-state index in [4.69, 9.17) is 0 Å². The van der Waals surface area contributed by atoms with Crippen molar-refractivity contribution < 1.29 is 9.90 Å². The first kappa shape index (κ1) is 15.5. The monoisotopic (exact) mass is 296 g/mol. The number of carbonyl (C=O) groups is 1. The first-order chi connectivity index (χ1) is 9.54. The molecule has 1 N–H and O–H groups in total. The third-order valence-corrected chi connectivity index (χ3v) is 5.13. The van der Waals surface area contributed by atoms with Crippen molar-refractivity contribution in [1.82, 2.24) is 9.80 Å². The summed E-state index contributed by atoms with van der Waals surface area (Å²) in [6.07, 6.45) is 1.15. The molecule has 0 aromatic carbocycles. The van der Waals surface area contributed by atoms with E-state index in [2.05, 4.69) is 23.6 Å². The van der Waals surface area contributed by atoms with Crippen LogP contribution < -0.4 is 0 Å². The number of aryl methyl sites for hydroxylation is 1. The normalized spacial score (nSPS) is 22.9. The number of aliphatic carboxylic acids is 1. The highest BCUT2D eigenvalue weighted by Gasteiger charge is 2.34. The van der Waals surface area contributed by atoms with Crippen molar-refractivity contribution in [2.75, 3.05) is 26.2 Å². The van der Waals surface area contributed by atoms with E-state index in [1.54, 1.807) is 11.3 Å². The fraction of sp³-hybridized carbons (Fsp3) is 0.667. The van der Waals surface area contributed by atoms with Gasteiger partial charge in [0.2, 0.25) is 0 Å². The lowest BCUT2D eigenvalue weighted by atomic mass is 10.1. The first-order valence-corrected chi connectivity index (χ1v) is 8.17. The lowest BCUT2D eigenvalue weighted by Crippen LogP contribution is -2.53. The van der Waals surface area contributed by atoms with Gasteiger partial charge in [-0.1, -0.05) is 6.92 Å². The zero-order chi connectivity index (χ0) is 14.7. The number of carboxylic acid groups (broad SMARTS) is 1. The van der Waals surface area contributed by atoms with Crippen LogP contribution in [0.15, 0.2) is 11.4 Å². The largest absolute Gasteiger partial charge is 0.480 e. The van der Waals surface area contributed by atoms with E-state index in [0.717, 1.165) is 43.0 Å². The Balaban J connectivity index is 2.13. The third-order valence-electron chi connectivity index (χ3n) is 4.06. The van der Waals surface area contributed by atoms with Gasteiger partial charge in [-0.15, -0.1) is 11.3 Å². The molecule has 1 aliphatic rings. The van der Waals surface area contributed by atoms with Crippen molar-refractivity contribution in [2.45, 2.75) is 39.3 Å². The second kappa shape index (κ2) is 6.70. The van der Waals surface area contributed by atoms with Crippen LogP contribution in [0.5, 0.6) is 0 Å².